The van der Waals surface area contributed by atoms with E-state index < -0.39 is 0 Å². The third-order valence-corrected chi connectivity index (χ3v) is 15.4. The Bertz CT molecular complexity index is 3800. The summed E-state index contributed by atoms with van der Waals surface area (Å²) in [5, 5.41) is 9.42. The Morgan fingerprint density at radius 2 is 0.691 bits per heavy atom. The zero-order valence-electron chi connectivity index (χ0n) is 38.4. The van der Waals surface area contributed by atoms with Gasteiger partial charge in [0.1, 0.15) is 11.6 Å². The number of para-hydroxylation sites is 2. The second-order valence-electron chi connectivity index (χ2n) is 19.7. The van der Waals surface area contributed by atoms with E-state index in [-0.39, 0.29) is 10.8 Å². The summed E-state index contributed by atoms with van der Waals surface area (Å²) in [5.41, 5.74) is 16.4. The molecule has 0 spiro atoms. The molecule has 0 N–H and O–H groups in total. The van der Waals surface area contributed by atoms with E-state index in [1.807, 2.05) is 0 Å². The van der Waals surface area contributed by atoms with Crippen molar-refractivity contribution in [2.24, 2.45) is 0 Å². The van der Waals surface area contributed by atoms with Gasteiger partial charge in [0, 0.05) is 43.5 Å². The fourth-order valence-corrected chi connectivity index (χ4v) is 12.1. The van der Waals surface area contributed by atoms with Crippen LogP contribution >= 0.6 is 0 Å². The Morgan fingerprint density at radius 3 is 1.16 bits per heavy atom. The van der Waals surface area contributed by atoms with Crippen LogP contribution in [0.3, 0.4) is 0 Å². The second kappa shape index (κ2) is 14.1. The minimum absolute atomic E-state index is 0.161. The lowest BCUT2D eigenvalue weighted by atomic mass is 9.82. The third kappa shape index (κ3) is 5.37. The molecule has 0 saturated heterocycles. The zero-order valence-corrected chi connectivity index (χ0v) is 38.4. The van der Waals surface area contributed by atoms with E-state index in [1.165, 1.54) is 76.8 Å². The van der Waals surface area contributed by atoms with Gasteiger partial charge in [-0.15, -0.1) is 0 Å². The minimum atomic E-state index is -0.161. The molecule has 10 aromatic carbocycles. The van der Waals surface area contributed by atoms with Gasteiger partial charge in [0.2, 0.25) is 0 Å². The maximum atomic E-state index is 5.45. The number of pyridine rings is 2. The number of aromatic nitrogens is 2. The maximum absolute atomic E-state index is 5.45. The molecule has 0 amide bonds. The predicted octanol–water partition coefficient (Wildman–Crippen LogP) is 17.2. The van der Waals surface area contributed by atoms with E-state index in [9.17, 15) is 0 Å². The van der Waals surface area contributed by atoms with Crippen LogP contribution in [0.15, 0.2) is 206 Å². The number of anilines is 6. The van der Waals surface area contributed by atoms with Crippen LogP contribution in [0.5, 0.6) is 0 Å². The highest BCUT2D eigenvalue weighted by atomic mass is 15.2. The predicted molar refractivity (Wildman–Crippen MR) is 285 cm³/mol. The van der Waals surface area contributed by atoms with Gasteiger partial charge in [-0.25, -0.2) is 9.97 Å². The lowest BCUT2D eigenvalue weighted by Gasteiger charge is -2.31. The van der Waals surface area contributed by atoms with Gasteiger partial charge >= 0.3 is 0 Å². The minimum Gasteiger partial charge on any atom is -0.294 e. The largest absolute Gasteiger partial charge is 0.294 e. The van der Waals surface area contributed by atoms with E-state index in [4.69, 9.17) is 9.97 Å². The number of fused-ring (bicyclic) bond motifs is 8. The molecular weight excluding hydrogens is 825 g/mol. The first-order valence-electron chi connectivity index (χ1n) is 23.7. The molecule has 2 aromatic heterocycles. The van der Waals surface area contributed by atoms with Crippen molar-refractivity contribution < 1.29 is 0 Å². The quantitative estimate of drug-likeness (QED) is 0.156. The number of benzene rings is 10. The number of hydrogen-bond acceptors (Lipinski definition) is 4. The van der Waals surface area contributed by atoms with Crippen molar-refractivity contribution >= 4 is 88.5 Å². The molecular formula is C64H46N4. The Labute approximate surface area is 395 Å². The van der Waals surface area contributed by atoms with Crippen LogP contribution in [0, 0.1) is 0 Å². The SMILES string of the molecule is CC1(C)c2ccccc2-c2c(N(c3ccc4ccccc4n3)c3ccc4ccc5c(N(c6ccc7ccccc7n6)c6cccc7c6-c6ccccc6C7(C)C)ccc6ccc3c4c65)cccc21. The van der Waals surface area contributed by atoms with Crippen LogP contribution in [0.1, 0.15) is 49.9 Å². The van der Waals surface area contributed by atoms with Gasteiger partial charge in [-0.1, -0.05) is 173 Å². The highest BCUT2D eigenvalue weighted by molar-refractivity contribution is 6.28. The fourth-order valence-electron chi connectivity index (χ4n) is 12.1. The van der Waals surface area contributed by atoms with Gasteiger partial charge in [0.25, 0.3) is 0 Å². The zero-order chi connectivity index (χ0) is 45.5. The van der Waals surface area contributed by atoms with Crippen molar-refractivity contribution in [3.63, 3.8) is 0 Å². The highest BCUT2D eigenvalue weighted by Crippen LogP contribution is 2.57. The van der Waals surface area contributed by atoms with Crippen molar-refractivity contribution in [1.29, 1.82) is 0 Å². The van der Waals surface area contributed by atoms with E-state index >= 15 is 0 Å². The van der Waals surface area contributed by atoms with Crippen molar-refractivity contribution in [1.82, 2.24) is 9.97 Å². The summed E-state index contributed by atoms with van der Waals surface area (Å²) in [7, 11) is 0. The molecule has 0 unspecified atom stereocenters. The molecule has 12 aromatic rings. The molecule has 4 heteroatoms. The molecule has 0 saturated carbocycles. The van der Waals surface area contributed by atoms with Gasteiger partial charge < -0.3 is 0 Å². The van der Waals surface area contributed by atoms with E-state index in [0.29, 0.717) is 0 Å². The summed E-state index contributed by atoms with van der Waals surface area (Å²) in [5.74, 6) is 1.76. The Balaban J connectivity index is 1.05. The average Bonchev–Trinajstić information content (AvgIpc) is 3.76. The Hall–Kier alpha value is -8.34. The summed E-state index contributed by atoms with van der Waals surface area (Å²) in [6, 6.07) is 75.7. The summed E-state index contributed by atoms with van der Waals surface area (Å²) in [6.45, 7) is 9.42. The first kappa shape index (κ1) is 38.9. The van der Waals surface area contributed by atoms with Gasteiger partial charge in [-0.3, -0.25) is 9.80 Å². The molecule has 2 aliphatic rings. The standard InChI is InChI=1S/C64H46N4/c1-63(2)47-19-9-7-17-43(47)61-49(63)21-13-25-55(61)67(57-37-31-39-15-5-11-23-51(39)65-57)53-35-29-41-28-34-46-54(36-30-42-27-33-45(53)59(41)60(42)46)68(58-38-32-40-16-6-12-24-52(40)66-58)56-26-14-22-50-62(56)44-18-8-10-20-48(44)64(50,3)4/h5-38H,1-4H3. The Kier molecular flexibility index (Phi) is 8.06. The van der Waals surface area contributed by atoms with Crippen LogP contribution < -0.4 is 9.80 Å². The molecule has 68 heavy (non-hydrogen) atoms. The molecule has 322 valence electrons. The monoisotopic (exact) mass is 870 g/mol. The van der Waals surface area contributed by atoms with Crippen molar-refractivity contribution in [3.05, 3.63) is 229 Å². The van der Waals surface area contributed by atoms with Crippen LogP contribution in [-0.2, 0) is 10.8 Å². The van der Waals surface area contributed by atoms with E-state index in [1.54, 1.807) is 0 Å². The lowest BCUT2D eigenvalue weighted by Crippen LogP contribution is -2.17. The number of nitrogens with zero attached hydrogens (tertiary/aromatic N) is 4. The molecule has 4 nitrogen and oxygen atoms in total. The summed E-state index contributed by atoms with van der Waals surface area (Å²) >= 11 is 0. The van der Waals surface area contributed by atoms with Crippen molar-refractivity contribution in [3.8, 4) is 22.3 Å². The van der Waals surface area contributed by atoms with Crippen LogP contribution in [-0.4, -0.2) is 9.97 Å². The second-order valence-corrected chi connectivity index (χ2v) is 19.7. The van der Waals surface area contributed by atoms with E-state index in [0.717, 1.165) is 56.2 Å². The van der Waals surface area contributed by atoms with Gasteiger partial charge in [0.05, 0.1) is 33.8 Å². The third-order valence-electron chi connectivity index (χ3n) is 15.4. The molecule has 0 aliphatic heterocycles. The van der Waals surface area contributed by atoms with Crippen LogP contribution in [0.2, 0.25) is 0 Å². The molecule has 0 fully saturated rings. The smallest absolute Gasteiger partial charge is 0.138 e. The van der Waals surface area contributed by atoms with Gasteiger partial charge in [-0.05, 0) is 116 Å². The fraction of sp³-hybridized carbons (Fsp3) is 0.0938. The number of rotatable bonds is 6. The molecule has 2 heterocycles. The first-order valence-corrected chi connectivity index (χ1v) is 23.7. The van der Waals surface area contributed by atoms with Crippen molar-refractivity contribution in [2.75, 3.05) is 9.80 Å². The topological polar surface area (TPSA) is 32.3 Å². The summed E-state index contributed by atoms with van der Waals surface area (Å²) in [6.07, 6.45) is 0. The van der Waals surface area contributed by atoms with Crippen molar-refractivity contribution in [2.45, 2.75) is 38.5 Å². The molecule has 0 bridgehead atoms. The van der Waals surface area contributed by atoms with Crippen LogP contribution in [0.25, 0.3) is 76.4 Å². The molecule has 0 radical (unpaired) electrons. The lowest BCUT2D eigenvalue weighted by molar-refractivity contribution is 0.660. The number of hydrogen-bond donors (Lipinski definition) is 0. The summed E-state index contributed by atoms with van der Waals surface area (Å²) in [4.78, 5) is 15.7. The van der Waals surface area contributed by atoms with Gasteiger partial charge in [0.15, 0.2) is 0 Å². The van der Waals surface area contributed by atoms with Crippen LogP contribution in [0.4, 0.5) is 34.4 Å². The van der Waals surface area contributed by atoms with E-state index in [2.05, 4.69) is 244 Å². The highest BCUT2D eigenvalue weighted by Gasteiger charge is 2.40. The molecule has 14 rings (SSSR count). The average molecular weight is 871 g/mol. The molecule has 0 atom stereocenters. The Morgan fingerprint density at radius 1 is 0.309 bits per heavy atom. The molecule has 2 aliphatic carbocycles. The van der Waals surface area contributed by atoms with Gasteiger partial charge in [-0.2, -0.15) is 0 Å². The normalized spacial score (nSPS) is 14.1. The first-order chi connectivity index (χ1) is 33.3. The summed E-state index contributed by atoms with van der Waals surface area (Å²) < 4.78 is 0. The maximum Gasteiger partial charge on any atom is 0.138 e.